The summed E-state index contributed by atoms with van der Waals surface area (Å²) in [5, 5.41) is 10.4. The van der Waals surface area contributed by atoms with Gasteiger partial charge < -0.3 is 10.6 Å². The molecule has 0 bridgehead atoms. The number of carbonyl (C=O) groups is 1. The van der Waals surface area contributed by atoms with Gasteiger partial charge in [-0.2, -0.15) is 5.10 Å². The first-order valence-corrected chi connectivity index (χ1v) is 6.50. The van der Waals surface area contributed by atoms with Crippen molar-refractivity contribution in [3.8, 4) is 0 Å². The lowest BCUT2D eigenvalue weighted by Gasteiger charge is -2.11. The van der Waals surface area contributed by atoms with E-state index in [1.165, 1.54) is 0 Å². The Morgan fingerprint density at radius 1 is 1.42 bits per heavy atom. The highest BCUT2D eigenvalue weighted by Gasteiger charge is 2.18. The van der Waals surface area contributed by atoms with Gasteiger partial charge in [-0.1, -0.05) is 6.92 Å². The van der Waals surface area contributed by atoms with Gasteiger partial charge in [0.15, 0.2) is 0 Å². The number of aryl methyl sites for hydroxylation is 2. The Bertz CT molecular complexity index is 417. The first-order chi connectivity index (χ1) is 8.51. The van der Waals surface area contributed by atoms with Gasteiger partial charge in [-0.05, 0) is 34.2 Å². The number of hydrogen-bond acceptors (Lipinski definition) is 3. The molecule has 1 heterocycles. The van der Waals surface area contributed by atoms with E-state index >= 15 is 0 Å². The van der Waals surface area contributed by atoms with Crippen LogP contribution in [0.15, 0.2) is 0 Å². The fourth-order valence-electron chi connectivity index (χ4n) is 1.89. The summed E-state index contributed by atoms with van der Waals surface area (Å²) in [6, 6.07) is 0.264. The Balaban J connectivity index is 0.00000324. The van der Waals surface area contributed by atoms with Crippen LogP contribution in [0.5, 0.6) is 0 Å². The molecular weight excluding hydrogens is 264 g/mol. The number of aromatic nitrogens is 2. The van der Waals surface area contributed by atoms with E-state index in [0.717, 1.165) is 24.4 Å². The summed E-state index contributed by atoms with van der Waals surface area (Å²) in [6.45, 7) is 9.44. The maximum atomic E-state index is 12.1. The average molecular weight is 289 g/mol. The maximum Gasteiger partial charge on any atom is 0.255 e. The van der Waals surface area contributed by atoms with E-state index in [2.05, 4.69) is 22.7 Å². The van der Waals surface area contributed by atoms with Gasteiger partial charge in [0, 0.05) is 24.8 Å². The van der Waals surface area contributed by atoms with E-state index in [1.807, 2.05) is 32.5 Å². The first kappa shape index (κ1) is 17.9. The lowest BCUT2D eigenvalue weighted by molar-refractivity contribution is 0.0949. The summed E-state index contributed by atoms with van der Waals surface area (Å²) in [5.74, 6) is -0.0329. The number of amides is 1. The number of nitrogens with zero attached hydrogens (tertiary/aromatic N) is 2. The molecular formula is C13H25ClN4O. The van der Waals surface area contributed by atoms with Gasteiger partial charge in [-0.25, -0.2) is 0 Å². The second-order valence-corrected chi connectivity index (χ2v) is 4.67. The van der Waals surface area contributed by atoms with Gasteiger partial charge in [0.2, 0.25) is 0 Å². The zero-order valence-electron chi connectivity index (χ0n) is 12.4. The molecule has 0 radical (unpaired) electrons. The van der Waals surface area contributed by atoms with Crippen molar-refractivity contribution in [3.05, 3.63) is 17.0 Å². The van der Waals surface area contributed by atoms with Crippen LogP contribution < -0.4 is 10.6 Å². The minimum Gasteiger partial charge on any atom is -0.350 e. The zero-order valence-corrected chi connectivity index (χ0v) is 13.2. The predicted octanol–water partition coefficient (Wildman–Crippen LogP) is 1.67. The number of likely N-dealkylation sites (N-methyl/N-ethyl adjacent to an activating group) is 1. The molecule has 19 heavy (non-hydrogen) atoms. The van der Waals surface area contributed by atoms with E-state index in [1.54, 1.807) is 0 Å². The average Bonchev–Trinajstić information content (AvgIpc) is 2.62. The molecule has 5 nitrogen and oxygen atoms in total. The number of nitrogens with one attached hydrogen (secondary N) is 2. The minimum atomic E-state index is -0.0329. The van der Waals surface area contributed by atoms with Crippen LogP contribution in [0.25, 0.3) is 0 Å². The van der Waals surface area contributed by atoms with Crippen LogP contribution in [0.2, 0.25) is 0 Å². The van der Waals surface area contributed by atoms with Gasteiger partial charge in [-0.3, -0.25) is 9.48 Å². The Morgan fingerprint density at radius 2 is 2.05 bits per heavy atom. The molecule has 6 heteroatoms. The molecule has 1 unspecified atom stereocenters. The quantitative estimate of drug-likeness (QED) is 0.837. The summed E-state index contributed by atoms with van der Waals surface area (Å²) in [6.07, 6.45) is 1.01. The van der Waals surface area contributed by atoms with Crippen LogP contribution in [-0.2, 0) is 6.54 Å². The SMILES string of the molecule is CCCn1nc(C)c(C(=O)NCC(C)NC)c1C.Cl. The monoisotopic (exact) mass is 288 g/mol. The highest BCUT2D eigenvalue weighted by atomic mass is 35.5. The normalized spacial score (nSPS) is 11.8. The molecule has 110 valence electrons. The van der Waals surface area contributed by atoms with Crippen molar-refractivity contribution in [2.24, 2.45) is 0 Å². The summed E-state index contributed by atoms with van der Waals surface area (Å²) in [4.78, 5) is 12.1. The summed E-state index contributed by atoms with van der Waals surface area (Å²) in [7, 11) is 1.88. The topological polar surface area (TPSA) is 59.0 Å². The van der Waals surface area contributed by atoms with Crippen LogP contribution >= 0.6 is 12.4 Å². The molecule has 1 atom stereocenters. The molecule has 1 aromatic heterocycles. The van der Waals surface area contributed by atoms with Gasteiger partial charge in [-0.15, -0.1) is 12.4 Å². The Kier molecular flexibility index (Phi) is 7.71. The van der Waals surface area contributed by atoms with Crippen molar-refractivity contribution in [1.29, 1.82) is 0 Å². The third-order valence-corrected chi connectivity index (χ3v) is 3.11. The van der Waals surface area contributed by atoms with Crippen LogP contribution in [0.3, 0.4) is 0 Å². The highest BCUT2D eigenvalue weighted by Crippen LogP contribution is 2.13. The van der Waals surface area contributed by atoms with Gasteiger partial charge in [0.1, 0.15) is 0 Å². The van der Waals surface area contributed by atoms with Crippen LogP contribution in [0, 0.1) is 13.8 Å². The Morgan fingerprint density at radius 3 is 2.58 bits per heavy atom. The third kappa shape index (κ3) is 4.51. The smallest absolute Gasteiger partial charge is 0.255 e. The van der Waals surface area contributed by atoms with Gasteiger partial charge >= 0.3 is 0 Å². The summed E-state index contributed by atoms with van der Waals surface area (Å²) in [5.41, 5.74) is 2.46. The van der Waals surface area contributed by atoms with Crippen molar-refractivity contribution >= 4 is 18.3 Å². The molecule has 0 spiro atoms. The van der Waals surface area contributed by atoms with Crippen molar-refractivity contribution in [1.82, 2.24) is 20.4 Å². The van der Waals surface area contributed by atoms with Crippen LogP contribution in [0.4, 0.5) is 0 Å². The van der Waals surface area contributed by atoms with E-state index < -0.39 is 0 Å². The molecule has 0 saturated carbocycles. The maximum absolute atomic E-state index is 12.1. The number of halogens is 1. The summed E-state index contributed by atoms with van der Waals surface area (Å²) < 4.78 is 1.91. The van der Waals surface area contributed by atoms with Crippen molar-refractivity contribution in [3.63, 3.8) is 0 Å². The third-order valence-electron chi connectivity index (χ3n) is 3.11. The van der Waals surface area contributed by atoms with Crippen LogP contribution in [-0.4, -0.2) is 35.3 Å². The molecule has 0 aliphatic carbocycles. The molecule has 1 amide bonds. The van der Waals surface area contributed by atoms with E-state index in [-0.39, 0.29) is 24.4 Å². The fraction of sp³-hybridized carbons (Fsp3) is 0.692. The molecule has 1 rings (SSSR count). The summed E-state index contributed by atoms with van der Waals surface area (Å²) >= 11 is 0. The second-order valence-electron chi connectivity index (χ2n) is 4.67. The zero-order chi connectivity index (χ0) is 13.7. The van der Waals surface area contributed by atoms with E-state index in [0.29, 0.717) is 12.1 Å². The van der Waals surface area contributed by atoms with Crippen molar-refractivity contribution in [2.45, 2.75) is 46.7 Å². The molecule has 1 aromatic rings. The van der Waals surface area contributed by atoms with E-state index in [4.69, 9.17) is 0 Å². The largest absolute Gasteiger partial charge is 0.350 e. The van der Waals surface area contributed by atoms with Gasteiger partial charge in [0.05, 0.1) is 11.3 Å². The molecule has 2 N–H and O–H groups in total. The standard InChI is InChI=1S/C13H24N4O.ClH/c1-6-7-17-11(4)12(10(3)16-17)13(18)15-8-9(2)14-5;/h9,14H,6-8H2,1-5H3,(H,15,18);1H. The number of hydrogen-bond donors (Lipinski definition) is 2. The highest BCUT2D eigenvalue weighted by molar-refractivity contribution is 5.96. The van der Waals surface area contributed by atoms with Gasteiger partial charge in [0.25, 0.3) is 5.91 Å². The molecule has 0 saturated heterocycles. The molecule has 0 aliphatic heterocycles. The Labute approximate surface area is 121 Å². The van der Waals surface area contributed by atoms with Crippen molar-refractivity contribution < 1.29 is 4.79 Å². The lowest BCUT2D eigenvalue weighted by Crippen LogP contribution is -2.37. The molecule has 0 fully saturated rings. The lowest BCUT2D eigenvalue weighted by atomic mass is 10.2. The van der Waals surface area contributed by atoms with E-state index in [9.17, 15) is 4.79 Å². The predicted molar refractivity (Wildman–Crippen MR) is 80.1 cm³/mol. The molecule has 0 aliphatic rings. The first-order valence-electron chi connectivity index (χ1n) is 6.50. The fourth-order valence-corrected chi connectivity index (χ4v) is 1.89. The number of rotatable bonds is 6. The van der Waals surface area contributed by atoms with Crippen molar-refractivity contribution in [2.75, 3.05) is 13.6 Å². The van der Waals surface area contributed by atoms with Crippen LogP contribution in [0.1, 0.15) is 42.0 Å². The molecule has 0 aromatic carbocycles. The minimum absolute atomic E-state index is 0. The second kappa shape index (κ2) is 8.17. The Hall–Kier alpha value is -1.07. The number of carbonyl (C=O) groups excluding carboxylic acids is 1.